The number of alkyl halides is 1. The number of nitriles is 2. The molecule has 3 heteroatoms. The van der Waals surface area contributed by atoms with Crippen molar-refractivity contribution >= 4 is 11.6 Å². The fourth-order valence-corrected chi connectivity index (χ4v) is 1.18. The van der Waals surface area contributed by atoms with Crippen LogP contribution >= 0.6 is 11.6 Å². The minimum absolute atomic E-state index is 0.280. The van der Waals surface area contributed by atoms with Crippen LogP contribution in [0.25, 0.3) is 0 Å². The summed E-state index contributed by atoms with van der Waals surface area (Å²) >= 11 is 5.90. The molecule has 13 heavy (non-hydrogen) atoms. The quantitative estimate of drug-likeness (QED) is 0.674. The van der Waals surface area contributed by atoms with Gasteiger partial charge in [0, 0.05) is 0 Å². The predicted octanol–water partition coefficient (Wildman–Crippen LogP) is 2.75. The van der Waals surface area contributed by atoms with Crippen molar-refractivity contribution in [3.05, 3.63) is 35.4 Å². The molecule has 0 radical (unpaired) electrons. The van der Waals surface area contributed by atoms with Gasteiger partial charge in [-0.2, -0.15) is 10.5 Å². The molecule has 2 nitrogen and oxygen atoms in total. The molecule has 0 fully saturated rings. The van der Waals surface area contributed by atoms with Crippen LogP contribution in [0.3, 0.4) is 0 Å². The summed E-state index contributed by atoms with van der Waals surface area (Å²) in [5.74, 6) is 0. The van der Waals surface area contributed by atoms with E-state index in [0.29, 0.717) is 5.56 Å². The summed E-state index contributed by atoms with van der Waals surface area (Å²) in [7, 11) is 0. The Kier molecular flexibility index (Phi) is 3.31. The standard InChI is InChI=1S/C10H7ClN2/c11-10(5-6-12)9-3-1-8(7-13)2-4-9/h1-4,10H,5H2. The second kappa shape index (κ2) is 4.50. The molecule has 0 heterocycles. The molecule has 0 aliphatic rings. The predicted molar refractivity (Wildman–Crippen MR) is 50.0 cm³/mol. The van der Waals surface area contributed by atoms with Gasteiger partial charge in [0.2, 0.25) is 0 Å². The fraction of sp³-hybridized carbons (Fsp3) is 0.200. The van der Waals surface area contributed by atoms with Crippen LogP contribution in [0.4, 0.5) is 0 Å². The number of nitrogens with zero attached hydrogens (tertiary/aromatic N) is 2. The number of benzene rings is 1. The van der Waals surface area contributed by atoms with Gasteiger partial charge >= 0.3 is 0 Å². The van der Waals surface area contributed by atoms with Gasteiger partial charge in [-0.1, -0.05) is 12.1 Å². The van der Waals surface area contributed by atoms with Gasteiger partial charge in [-0.15, -0.1) is 11.6 Å². The Morgan fingerprint density at radius 1 is 1.23 bits per heavy atom. The summed E-state index contributed by atoms with van der Waals surface area (Å²) in [6.07, 6.45) is 0.285. The Bertz CT molecular complexity index is 356. The Morgan fingerprint density at radius 3 is 2.31 bits per heavy atom. The summed E-state index contributed by atoms with van der Waals surface area (Å²) in [4.78, 5) is 0. The summed E-state index contributed by atoms with van der Waals surface area (Å²) < 4.78 is 0. The van der Waals surface area contributed by atoms with Crippen LogP contribution < -0.4 is 0 Å². The van der Waals surface area contributed by atoms with Crippen LogP contribution in [0.15, 0.2) is 24.3 Å². The van der Waals surface area contributed by atoms with Crippen LogP contribution in [0.5, 0.6) is 0 Å². The van der Waals surface area contributed by atoms with E-state index in [2.05, 4.69) is 0 Å². The Balaban J connectivity index is 2.82. The van der Waals surface area contributed by atoms with Crippen molar-refractivity contribution in [3.8, 4) is 12.1 Å². The Labute approximate surface area is 82.0 Å². The first-order valence-electron chi connectivity index (χ1n) is 3.79. The number of rotatable bonds is 2. The third kappa shape index (κ3) is 2.47. The maximum Gasteiger partial charge on any atom is 0.0991 e. The average molecular weight is 191 g/mol. The normalized spacial score (nSPS) is 11.3. The van der Waals surface area contributed by atoms with E-state index in [1.807, 2.05) is 12.1 Å². The topological polar surface area (TPSA) is 47.6 Å². The lowest BCUT2D eigenvalue weighted by Gasteiger charge is -2.03. The fourth-order valence-electron chi connectivity index (χ4n) is 0.964. The Hall–Kier alpha value is -1.51. The van der Waals surface area contributed by atoms with Crippen molar-refractivity contribution in [1.29, 1.82) is 10.5 Å². The van der Waals surface area contributed by atoms with Crippen molar-refractivity contribution < 1.29 is 0 Å². The number of halogens is 1. The van der Waals surface area contributed by atoms with Gasteiger partial charge in [0.1, 0.15) is 0 Å². The summed E-state index contributed by atoms with van der Waals surface area (Å²) in [5.41, 5.74) is 1.48. The molecule has 0 saturated heterocycles. The minimum atomic E-state index is -0.280. The first-order valence-corrected chi connectivity index (χ1v) is 4.22. The van der Waals surface area contributed by atoms with Crippen molar-refractivity contribution in [2.45, 2.75) is 11.8 Å². The van der Waals surface area contributed by atoms with Crippen LogP contribution in [0.2, 0.25) is 0 Å². The van der Waals surface area contributed by atoms with E-state index in [9.17, 15) is 0 Å². The highest BCUT2D eigenvalue weighted by molar-refractivity contribution is 6.20. The van der Waals surface area contributed by atoms with E-state index in [4.69, 9.17) is 22.1 Å². The molecule has 0 N–H and O–H groups in total. The molecule has 0 bridgehead atoms. The van der Waals surface area contributed by atoms with Gasteiger partial charge in [0.25, 0.3) is 0 Å². The van der Waals surface area contributed by atoms with Gasteiger partial charge < -0.3 is 0 Å². The minimum Gasteiger partial charge on any atom is -0.198 e. The van der Waals surface area contributed by atoms with Gasteiger partial charge in [0.15, 0.2) is 0 Å². The monoisotopic (exact) mass is 190 g/mol. The number of hydrogen-bond donors (Lipinski definition) is 0. The lowest BCUT2D eigenvalue weighted by Crippen LogP contribution is -1.88. The van der Waals surface area contributed by atoms with Crippen molar-refractivity contribution in [3.63, 3.8) is 0 Å². The van der Waals surface area contributed by atoms with Crippen molar-refractivity contribution in [2.24, 2.45) is 0 Å². The molecule has 0 amide bonds. The molecular formula is C10H7ClN2. The van der Waals surface area contributed by atoms with E-state index < -0.39 is 0 Å². The van der Waals surface area contributed by atoms with Crippen molar-refractivity contribution in [1.82, 2.24) is 0 Å². The molecule has 1 aromatic rings. The second-order valence-electron chi connectivity index (χ2n) is 2.56. The van der Waals surface area contributed by atoms with Crippen LogP contribution in [0.1, 0.15) is 22.9 Å². The third-order valence-electron chi connectivity index (χ3n) is 1.67. The van der Waals surface area contributed by atoms with Crippen LogP contribution in [0, 0.1) is 22.7 Å². The van der Waals surface area contributed by atoms with Gasteiger partial charge in [-0.05, 0) is 17.7 Å². The molecule has 1 unspecified atom stereocenters. The molecule has 0 aliphatic carbocycles. The lowest BCUT2D eigenvalue weighted by molar-refractivity contribution is 0.966. The zero-order valence-electron chi connectivity index (χ0n) is 6.87. The highest BCUT2D eigenvalue weighted by atomic mass is 35.5. The zero-order chi connectivity index (χ0) is 9.68. The zero-order valence-corrected chi connectivity index (χ0v) is 7.62. The van der Waals surface area contributed by atoms with E-state index >= 15 is 0 Å². The second-order valence-corrected chi connectivity index (χ2v) is 3.09. The van der Waals surface area contributed by atoms with Crippen LogP contribution in [-0.4, -0.2) is 0 Å². The SMILES string of the molecule is N#CCC(Cl)c1ccc(C#N)cc1. The maximum atomic E-state index is 8.54. The lowest BCUT2D eigenvalue weighted by atomic mass is 10.1. The van der Waals surface area contributed by atoms with Gasteiger partial charge in [-0.3, -0.25) is 0 Å². The molecule has 1 atom stereocenters. The summed E-state index contributed by atoms with van der Waals surface area (Å²) in [6, 6.07) is 11.0. The largest absolute Gasteiger partial charge is 0.198 e. The smallest absolute Gasteiger partial charge is 0.0991 e. The first kappa shape index (κ1) is 9.58. The van der Waals surface area contributed by atoms with Gasteiger partial charge in [0.05, 0.1) is 29.5 Å². The van der Waals surface area contributed by atoms with E-state index in [1.54, 1.807) is 24.3 Å². The van der Waals surface area contributed by atoms with E-state index in [1.165, 1.54) is 0 Å². The molecule has 64 valence electrons. The first-order chi connectivity index (χ1) is 6.27. The van der Waals surface area contributed by atoms with Gasteiger partial charge in [-0.25, -0.2) is 0 Å². The third-order valence-corrected chi connectivity index (χ3v) is 2.08. The maximum absolute atomic E-state index is 8.54. The highest BCUT2D eigenvalue weighted by Gasteiger charge is 2.06. The molecule has 1 aromatic carbocycles. The molecule has 0 spiro atoms. The average Bonchev–Trinajstić information content (AvgIpc) is 2.18. The van der Waals surface area contributed by atoms with Crippen LogP contribution in [-0.2, 0) is 0 Å². The Morgan fingerprint density at radius 2 is 1.85 bits per heavy atom. The summed E-state index contributed by atoms with van der Waals surface area (Å²) in [5, 5.41) is 16.7. The van der Waals surface area contributed by atoms with E-state index in [-0.39, 0.29) is 11.8 Å². The molecule has 0 aromatic heterocycles. The summed E-state index contributed by atoms with van der Waals surface area (Å²) in [6.45, 7) is 0. The molecule has 1 rings (SSSR count). The van der Waals surface area contributed by atoms with Crippen molar-refractivity contribution in [2.75, 3.05) is 0 Å². The molecular weight excluding hydrogens is 184 g/mol. The molecule has 0 saturated carbocycles. The molecule has 0 aliphatic heterocycles. The number of hydrogen-bond acceptors (Lipinski definition) is 2. The van der Waals surface area contributed by atoms with E-state index in [0.717, 1.165) is 5.56 Å². The highest BCUT2D eigenvalue weighted by Crippen LogP contribution is 2.23.